The maximum atomic E-state index is 13.5. The second-order valence-electron chi connectivity index (χ2n) is 7.18. The molecular formula is C21H35O2P. The Bertz CT molecular complexity index is 566. The van der Waals surface area contributed by atoms with Crippen LogP contribution in [-0.4, -0.2) is 17.8 Å². The van der Waals surface area contributed by atoms with E-state index in [0.717, 1.165) is 42.4 Å². The Labute approximate surface area is 148 Å². The summed E-state index contributed by atoms with van der Waals surface area (Å²) in [5.41, 5.74) is 3.75. The van der Waals surface area contributed by atoms with Gasteiger partial charge in [-0.1, -0.05) is 63.6 Å². The number of rotatable bonds is 11. The molecule has 0 aliphatic heterocycles. The Kier molecular flexibility index (Phi) is 8.98. The molecule has 136 valence electrons. The monoisotopic (exact) mass is 350 g/mol. The van der Waals surface area contributed by atoms with Crippen LogP contribution in [0.5, 0.6) is 0 Å². The molecule has 1 aromatic carbocycles. The minimum atomic E-state index is -2.81. The van der Waals surface area contributed by atoms with Gasteiger partial charge in [-0.15, -0.1) is 0 Å². The highest BCUT2D eigenvalue weighted by Crippen LogP contribution is 2.51. The summed E-state index contributed by atoms with van der Waals surface area (Å²) in [6.07, 6.45) is 8.63. The van der Waals surface area contributed by atoms with Gasteiger partial charge < -0.3 is 4.57 Å². The molecule has 0 aliphatic carbocycles. The van der Waals surface area contributed by atoms with E-state index >= 15 is 0 Å². The van der Waals surface area contributed by atoms with Crippen LogP contribution in [-0.2, 0) is 4.57 Å². The lowest BCUT2D eigenvalue weighted by Crippen LogP contribution is -2.11. The van der Waals surface area contributed by atoms with Crippen LogP contribution in [0, 0.1) is 20.8 Å². The zero-order chi connectivity index (χ0) is 18.2. The summed E-state index contributed by atoms with van der Waals surface area (Å²) in [4.78, 5) is 13.2. The third-order valence-electron chi connectivity index (χ3n) is 4.76. The number of benzene rings is 1. The average molecular weight is 350 g/mol. The highest BCUT2D eigenvalue weighted by atomic mass is 31.2. The summed E-state index contributed by atoms with van der Waals surface area (Å²) in [7, 11) is -2.81. The minimum Gasteiger partial charge on any atom is -0.315 e. The van der Waals surface area contributed by atoms with Gasteiger partial charge in [0.15, 0.2) is 7.14 Å². The van der Waals surface area contributed by atoms with Gasteiger partial charge in [-0.25, -0.2) is 0 Å². The fourth-order valence-electron chi connectivity index (χ4n) is 3.42. The fraction of sp³-hybridized carbons (Fsp3) is 0.667. The summed E-state index contributed by atoms with van der Waals surface area (Å²) in [6, 6.07) is 4.07. The largest absolute Gasteiger partial charge is 0.315 e. The number of carbonyl (C=O) groups excluding carboxylic acids is 1. The molecule has 24 heavy (non-hydrogen) atoms. The summed E-state index contributed by atoms with van der Waals surface area (Å²) < 4.78 is 13.5. The van der Waals surface area contributed by atoms with Crippen LogP contribution >= 0.6 is 7.14 Å². The first-order chi connectivity index (χ1) is 11.4. The second-order valence-corrected chi connectivity index (χ2v) is 10.3. The van der Waals surface area contributed by atoms with Crippen molar-refractivity contribution in [2.24, 2.45) is 0 Å². The van der Waals surface area contributed by atoms with Crippen LogP contribution in [0.25, 0.3) is 0 Å². The van der Waals surface area contributed by atoms with Crippen molar-refractivity contribution < 1.29 is 9.36 Å². The summed E-state index contributed by atoms with van der Waals surface area (Å²) >= 11 is 0. The molecule has 0 heterocycles. The van der Waals surface area contributed by atoms with Gasteiger partial charge >= 0.3 is 0 Å². The standard InChI is InChI=1S/C21H35O2P/c1-6-8-10-11-12-14-24(23,13-9-7-2)21(22)20-18(4)15-17(3)16-19(20)5/h15-16H,6-14H2,1-5H3. The lowest BCUT2D eigenvalue weighted by molar-refractivity contribution is 0.107. The lowest BCUT2D eigenvalue weighted by atomic mass is 10.0. The highest BCUT2D eigenvalue weighted by Gasteiger charge is 2.33. The molecule has 1 atom stereocenters. The molecule has 1 unspecified atom stereocenters. The predicted octanol–water partition coefficient (Wildman–Crippen LogP) is 6.89. The Balaban J connectivity index is 2.98. The first-order valence-corrected chi connectivity index (χ1v) is 11.6. The zero-order valence-corrected chi connectivity index (χ0v) is 17.2. The van der Waals surface area contributed by atoms with Crippen LogP contribution in [0.4, 0.5) is 0 Å². The number of carbonyl (C=O) groups is 1. The molecule has 3 heteroatoms. The number of hydrogen-bond donors (Lipinski definition) is 0. The van der Waals surface area contributed by atoms with Gasteiger partial charge in [0.1, 0.15) is 0 Å². The van der Waals surface area contributed by atoms with Crippen molar-refractivity contribution in [2.45, 2.75) is 79.6 Å². The van der Waals surface area contributed by atoms with Gasteiger partial charge in [0.25, 0.3) is 0 Å². The van der Waals surface area contributed by atoms with Crippen LogP contribution < -0.4 is 0 Å². The van der Waals surface area contributed by atoms with Crippen LogP contribution in [0.1, 0.15) is 85.8 Å². The van der Waals surface area contributed by atoms with E-state index in [2.05, 4.69) is 13.8 Å². The van der Waals surface area contributed by atoms with E-state index < -0.39 is 7.14 Å². The predicted molar refractivity (Wildman–Crippen MR) is 106 cm³/mol. The molecule has 0 fully saturated rings. The maximum Gasteiger partial charge on any atom is 0.221 e. The van der Waals surface area contributed by atoms with E-state index in [-0.39, 0.29) is 5.52 Å². The molecule has 0 amide bonds. The molecule has 0 spiro atoms. The van der Waals surface area contributed by atoms with E-state index in [1.807, 2.05) is 32.9 Å². The van der Waals surface area contributed by atoms with E-state index in [1.54, 1.807) is 0 Å². The van der Waals surface area contributed by atoms with Crippen LogP contribution in [0.2, 0.25) is 0 Å². The molecule has 2 nitrogen and oxygen atoms in total. The van der Waals surface area contributed by atoms with Crippen molar-refractivity contribution in [3.63, 3.8) is 0 Å². The van der Waals surface area contributed by atoms with Gasteiger partial charge in [-0.2, -0.15) is 0 Å². The Morgan fingerprint density at radius 2 is 1.33 bits per heavy atom. The van der Waals surface area contributed by atoms with Crippen molar-refractivity contribution in [2.75, 3.05) is 12.3 Å². The van der Waals surface area contributed by atoms with Crippen molar-refractivity contribution >= 4 is 12.7 Å². The third kappa shape index (κ3) is 5.88. The van der Waals surface area contributed by atoms with E-state index in [1.165, 1.54) is 19.3 Å². The Hall–Kier alpha value is -0.880. The van der Waals surface area contributed by atoms with Crippen molar-refractivity contribution in [3.05, 3.63) is 34.4 Å². The third-order valence-corrected chi connectivity index (χ3v) is 7.80. The minimum absolute atomic E-state index is 0.0681. The molecule has 0 bridgehead atoms. The van der Waals surface area contributed by atoms with Gasteiger partial charge in [0.2, 0.25) is 5.52 Å². The quantitative estimate of drug-likeness (QED) is 0.322. The Morgan fingerprint density at radius 3 is 1.88 bits per heavy atom. The summed E-state index contributed by atoms with van der Waals surface area (Å²) in [5, 5.41) is 0. The lowest BCUT2D eigenvalue weighted by Gasteiger charge is -2.20. The molecule has 0 radical (unpaired) electrons. The first kappa shape index (κ1) is 21.2. The number of hydrogen-bond acceptors (Lipinski definition) is 2. The smallest absolute Gasteiger partial charge is 0.221 e. The number of unbranched alkanes of at least 4 members (excludes halogenated alkanes) is 5. The van der Waals surface area contributed by atoms with Crippen molar-refractivity contribution in [1.29, 1.82) is 0 Å². The molecule has 1 rings (SSSR count). The van der Waals surface area contributed by atoms with E-state index in [4.69, 9.17) is 0 Å². The summed E-state index contributed by atoms with van der Waals surface area (Å²) in [5.74, 6) is 0. The fourth-order valence-corrected chi connectivity index (χ4v) is 6.37. The van der Waals surface area contributed by atoms with Crippen molar-refractivity contribution in [1.82, 2.24) is 0 Å². The van der Waals surface area contributed by atoms with Gasteiger partial charge in [-0.3, -0.25) is 4.79 Å². The Morgan fingerprint density at radius 1 is 0.833 bits per heavy atom. The van der Waals surface area contributed by atoms with Crippen molar-refractivity contribution in [3.8, 4) is 0 Å². The van der Waals surface area contributed by atoms with Crippen LogP contribution in [0.15, 0.2) is 12.1 Å². The molecule has 0 saturated carbocycles. The maximum absolute atomic E-state index is 13.5. The number of aryl methyl sites for hydroxylation is 3. The molecule has 0 aliphatic rings. The van der Waals surface area contributed by atoms with Crippen LogP contribution in [0.3, 0.4) is 0 Å². The summed E-state index contributed by atoms with van der Waals surface area (Å²) in [6.45, 7) is 10.3. The molecule has 0 aromatic heterocycles. The normalized spacial score (nSPS) is 13.7. The zero-order valence-electron chi connectivity index (χ0n) is 16.3. The average Bonchev–Trinajstić information content (AvgIpc) is 2.51. The van der Waals surface area contributed by atoms with Gasteiger partial charge in [-0.05, 0) is 44.7 Å². The first-order valence-electron chi connectivity index (χ1n) is 9.56. The van der Waals surface area contributed by atoms with Gasteiger partial charge in [0.05, 0.1) is 0 Å². The highest BCUT2D eigenvalue weighted by molar-refractivity contribution is 7.81. The van der Waals surface area contributed by atoms with Gasteiger partial charge in [0, 0.05) is 17.9 Å². The molecule has 1 aromatic rings. The SMILES string of the molecule is CCCCCCCP(=O)(CCCC)C(=O)c1c(C)cc(C)cc1C. The van der Waals surface area contributed by atoms with E-state index in [0.29, 0.717) is 17.9 Å². The van der Waals surface area contributed by atoms with E-state index in [9.17, 15) is 9.36 Å². The molecular weight excluding hydrogens is 315 g/mol. The topological polar surface area (TPSA) is 34.1 Å². The molecule has 0 saturated heterocycles. The second kappa shape index (κ2) is 10.2. The molecule has 0 N–H and O–H groups in total.